The van der Waals surface area contributed by atoms with E-state index in [2.05, 4.69) is 30.5 Å². The molecular formula is C14H21N7OS. The SMILES string of the molecule is Cc1nc(C)n(CC2CCCN2CC(=O)Nc2nnc(C)s2)n1. The van der Waals surface area contributed by atoms with Crippen molar-refractivity contribution in [3.8, 4) is 0 Å². The third-order valence-corrected chi connectivity index (χ3v) is 4.72. The maximum Gasteiger partial charge on any atom is 0.240 e. The molecule has 0 radical (unpaired) electrons. The van der Waals surface area contributed by atoms with Crippen LogP contribution in [0, 0.1) is 20.8 Å². The quantitative estimate of drug-likeness (QED) is 0.882. The van der Waals surface area contributed by atoms with Gasteiger partial charge in [0, 0.05) is 6.04 Å². The van der Waals surface area contributed by atoms with E-state index in [0.717, 1.165) is 42.6 Å². The summed E-state index contributed by atoms with van der Waals surface area (Å²) in [5, 5.41) is 16.5. The summed E-state index contributed by atoms with van der Waals surface area (Å²) < 4.78 is 1.93. The molecule has 0 spiro atoms. The Hall–Kier alpha value is -1.87. The number of carbonyl (C=O) groups excluding carboxylic acids is 1. The summed E-state index contributed by atoms with van der Waals surface area (Å²) in [5.41, 5.74) is 0. The molecule has 1 aliphatic rings. The highest BCUT2D eigenvalue weighted by Gasteiger charge is 2.27. The molecule has 0 aromatic carbocycles. The van der Waals surface area contributed by atoms with E-state index in [-0.39, 0.29) is 5.91 Å². The number of hydrogen-bond acceptors (Lipinski definition) is 7. The van der Waals surface area contributed by atoms with Gasteiger partial charge in [0.05, 0.1) is 13.1 Å². The zero-order chi connectivity index (χ0) is 16.4. The van der Waals surface area contributed by atoms with E-state index in [4.69, 9.17) is 0 Å². The summed E-state index contributed by atoms with van der Waals surface area (Å²) >= 11 is 1.39. The molecule has 1 saturated heterocycles. The van der Waals surface area contributed by atoms with E-state index in [9.17, 15) is 4.79 Å². The molecule has 23 heavy (non-hydrogen) atoms. The molecule has 3 heterocycles. The summed E-state index contributed by atoms with van der Waals surface area (Å²) in [7, 11) is 0. The minimum Gasteiger partial charge on any atom is -0.299 e. The van der Waals surface area contributed by atoms with Gasteiger partial charge >= 0.3 is 0 Å². The second-order valence-electron chi connectivity index (χ2n) is 5.83. The van der Waals surface area contributed by atoms with Crippen LogP contribution in [0.15, 0.2) is 0 Å². The molecule has 124 valence electrons. The number of nitrogens with zero attached hydrogens (tertiary/aromatic N) is 6. The van der Waals surface area contributed by atoms with Crippen LogP contribution in [-0.2, 0) is 11.3 Å². The van der Waals surface area contributed by atoms with Crippen molar-refractivity contribution in [2.45, 2.75) is 46.2 Å². The molecule has 1 fully saturated rings. The number of aryl methyl sites for hydroxylation is 3. The summed E-state index contributed by atoms with van der Waals surface area (Å²) in [6, 6.07) is 0.316. The van der Waals surface area contributed by atoms with Crippen molar-refractivity contribution in [3.63, 3.8) is 0 Å². The Labute approximate surface area is 138 Å². The standard InChI is InChI=1S/C14H21N7OS/c1-9-15-10(2)21(19-9)7-12-5-4-6-20(12)8-13(22)16-14-18-17-11(3)23-14/h12H,4-8H2,1-3H3,(H,16,18,22). The van der Waals surface area contributed by atoms with Gasteiger partial charge in [-0.15, -0.1) is 10.2 Å². The second kappa shape index (κ2) is 6.71. The largest absolute Gasteiger partial charge is 0.299 e. The minimum atomic E-state index is -0.0421. The normalized spacial score (nSPS) is 18.5. The predicted molar refractivity (Wildman–Crippen MR) is 87.4 cm³/mol. The zero-order valence-corrected chi connectivity index (χ0v) is 14.4. The molecule has 1 N–H and O–H groups in total. The van der Waals surface area contributed by atoms with Crippen molar-refractivity contribution in [1.82, 2.24) is 29.9 Å². The smallest absolute Gasteiger partial charge is 0.240 e. The maximum atomic E-state index is 12.2. The van der Waals surface area contributed by atoms with Crippen LogP contribution < -0.4 is 5.32 Å². The number of anilines is 1. The first-order valence-corrected chi connectivity index (χ1v) is 8.55. The Balaban J connectivity index is 1.58. The first kappa shape index (κ1) is 16.0. The summed E-state index contributed by atoms with van der Waals surface area (Å²) in [6.07, 6.45) is 2.17. The number of nitrogens with one attached hydrogen (secondary N) is 1. The van der Waals surface area contributed by atoms with E-state index in [1.165, 1.54) is 11.3 Å². The van der Waals surface area contributed by atoms with Crippen LogP contribution in [0.1, 0.15) is 29.5 Å². The van der Waals surface area contributed by atoms with Crippen LogP contribution in [0.4, 0.5) is 5.13 Å². The van der Waals surface area contributed by atoms with Gasteiger partial charge in [-0.1, -0.05) is 11.3 Å². The number of amides is 1. The average Bonchev–Trinajstić information content (AvgIpc) is 3.15. The molecule has 0 bridgehead atoms. The van der Waals surface area contributed by atoms with Gasteiger partial charge in [-0.25, -0.2) is 9.67 Å². The number of rotatable bonds is 5. The molecule has 1 aliphatic heterocycles. The molecule has 1 atom stereocenters. The number of hydrogen-bond donors (Lipinski definition) is 1. The van der Waals surface area contributed by atoms with Crippen molar-refractivity contribution in [1.29, 1.82) is 0 Å². The van der Waals surface area contributed by atoms with E-state index in [1.54, 1.807) is 0 Å². The van der Waals surface area contributed by atoms with Crippen molar-refractivity contribution in [2.24, 2.45) is 0 Å². The molecule has 9 heteroatoms. The molecular weight excluding hydrogens is 314 g/mol. The lowest BCUT2D eigenvalue weighted by Crippen LogP contribution is -2.39. The van der Waals surface area contributed by atoms with Gasteiger partial charge in [0.2, 0.25) is 11.0 Å². The van der Waals surface area contributed by atoms with E-state index < -0.39 is 0 Å². The number of aromatic nitrogens is 5. The monoisotopic (exact) mass is 335 g/mol. The third kappa shape index (κ3) is 3.91. The highest BCUT2D eigenvalue weighted by molar-refractivity contribution is 7.15. The van der Waals surface area contributed by atoms with Crippen LogP contribution >= 0.6 is 11.3 Å². The van der Waals surface area contributed by atoms with Crippen LogP contribution in [0.3, 0.4) is 0 Å². The van der Waals surface area contributed by atoms with Gasteiger partial charge in [0.1, 0.15) is 16.7 Å². The molecule has 1 amide bonds. The Morgan fingerprint density at radius 3 is 2.83 bits per heavy atom. The molecule has 8 nitrogen and oxygen atoms in total. The van der Waals surface area contributed by atoms with E-state index in [1.807, 2.05) is 25.5 Å². The van der Waals surface area contributed by atoms with Gasteiger partial charge in [-0.3, -0.25) is 15.0 Å². The lowest BCUT2D eigenvalue weighted by atomic mass is 10.2. The highest BCUT2D eigenvalue weighted by atomic mass is 32.1. The fraction of sp³-hybridized carbons (Fsp3) is 0.643. The van der Waals surface area contributed by atoms with Gasteiger partial charge in [0.25, 0.3) is 0 Å². The molecule has 0 aliphatic carbocycles. The van der Waals surface area contributed by atoms with Gasteiger partial charge in [-0.05, 0) is 40.2 Å². The first-order chi connectivity index (χ1) is 11.0. The first-order valence-electron chi connectivity index (χ1n) is 7.73. The number of likely N-dealkylation sites (tertiary alicyclic amines) is 1. The Kier molecular flexibility index (Phi) is 4.67. The van der Waals surface area contributed by atoms with Gasteiger partial charge in [0.15, 0.2) is 0 Å². The maximum absolute atomic E-state index is 12.2. The summed E-state index contributed by atoms with van der Waals surface area (Å²) in [5.74, 6) is 1.67. The molecule has 2 aromatic rings. The molecule has 0 saturated carbocycles. The zero-order valence-electron chi connectivity index (χ0n) is 13.6. The van der Waals surface area contributed by atoms with Gasteiger partial charge < -0.3 is 0 Å². The minimum absolute atomic E-state index is 0.0421. The molecule has 3 rings (SSSR count). The Morgan fingerprint density at radius 2 is 2.17 bits per heavy atom. The average molecular weight is 335 g/mol. The van der Waals surface area contributed by atoms with Crippen LogP contribution in [0.25, 0.3) is 0 Å². The predicted octanol–water partition coefficient (Wildman–Crippen LogP) is 1.16. The highest BCUT2D eigenvalue weighted by Crippen LogP contribution is 2.19. The Morgan fingerprint density at radius 1 is 1.35 bits per heavy atom. The third-order valence-electron chi connectivity index (χ3n) is 3.96. The topological polar surface area (TPSA) is 88.8 Å². The second-order valence-corrected chi connectivity index (χ2v) is 7.01. The fourth-order valence-electron chi connectivity index (χ4n) is 2.93. The van der Waals surface area contributed by atoms with Crippen LogP contribution in [-0.4, -0.2) is 54.9 Å². The van der Waals surface area contributed by atoms with Crippen LogP contribution in [0.2, 0.25) is 0 Å². The van der Waals surface area contributed by atoms with Crippen molar-refractivity contribution >= 4 is 22.4 Å². The lowest BCUT2D eigenvalue weighted by Gasteiger charge is -2.23. The summed E-state index contributed by atoms with van der Waals surface area (Å²) in [4.78, 5) is 18.7. The fourth-order valence-corrected chi connectivity index (χ4v) is 3.54. The lowest BCUT2D eigenvalue weighted by molar-refractivity contribution is -0.117. The molecule has 1 unspecified atom stereocenters. The van der Waals surface area contributed by atoms with Crippen molar-refractivity contribution in [3.05, 3.63) is 16.7 Å². The number of carbonyl (C=O) groups is 1. The van der Waals surface area contributed by atoms with E-state index in [0.29, 0.717) is 17.7 Å². The van der Waals surface area contributed by atoms with Crippen molar-refractivity contribution < 1.29 is 4.79 Å². The summed E-state index contributed by atoms with van der Waals surface area (Å²) in [6.45, 7) is 7.80. The van der Waals surface area contributed by atoms with E-state index >= 15 is 0 Å². The Bertz CT molecular complexity index is 695. The van der Waals surface area contributed by atoms with Crippen LogP contribution in [0.5, 0.6) is 0 Å². The molecule has 2 aromatic heterocycles. The van der Waals surface area contributed by atoms with Gasteiger partial charge in [-0.2, -0.15) is 5.10 Å². The van der Waals surface area contributed by atoms with Crippen molar-refractivity contribution in [2.75, 3.05) is 18.4 Å².